The lowest BCUT2D eigenvalue weighted by atomic mass is 10.1. The van der Waals surface area contributed by atoms with Crippen LogP contribution in [0.5, 0.6) is 0 Å². The van der Waals surface area contributed by atoms with Crippen molar-refractivity contribution in [3.8, 4) is 0 Å². The highest BCUT2D eigenvalue weighted by Crippen LogP contribution is 2.31. The fraction of sp³-hybridized carbons (Fsp3) is 0.200. The van der Waals surface area contributed by atoms with Gasteiger partial charge in [0.15, 0.2) is 0 Å². The Bertz CT molecular complexity index is 511. The third-order valence-corrected chi connectivity index (χ3v) is 4.29. The minimum Gasteiger partial charge on any atom is -0.324 e. The van der Waals surface area contributed by atoms with Crippen LogP contribution in [0, 0.1) is 0 Å². The van der Waals surface area contributed by atoms with Crippen LogP contribution in [0.25, 0.3) is 0 Å². The predicted molar refractivity (Wildman–Crippen MR) is 80.1 cm³/mol. The van der Waals surface area contributed by atoms with Gasteiger partial charge >= 0.3 is 0 Å². The van der Waals surface area contributed by atoms with E-state index in [4.69, 9.17) is 17.3 Å². The van der Waals surface area contributed by atoms with Crippen molar-refractivity contribution in [2.75, 3.05) is 0 Å². The summed E-state index contributed by atoms with van der Waals surface area (Å²) in [5.74, 6) is 0.929. The van der Waals surface area contributed by atoms with E-state index in [0.717, 1.165) is 21.2 Å². The highest BCUT2D eigenvalue weighted by Gasteiger charge is 2.05. The zero-order valence-electron chi connectivity index (χ0n) is 10.3. The summed E-state index contributed by atoms with van der Waals surface area (Å²) < 4.78 is 0. The van der Waals surface area contributed by atoms with Crippen molar-refractivity contribution in [3.05, 3.63) is 64.7 Å². The second-order valence-corrected chi connectivity index (χ2v) is 5.68. The second-order valence-electron chi connectivity index (χ2n) is 4.25. The van der Waals surface area contributed by atoms with Crippen molar-refractivity contribution < 1.29 is 0 Å². The molecule has 2 rings (SSSR count). The Kier molecular flexibility index (Phi) is 4.70. The van der Waals surface area contributed by atoms with Gasteiger partial charge in [-0.05, 0) is 30.2 Å². The van der Waals surface area contributed by atoms with Crippen LogP contribution in [0.15, 0.2) is 53.4 Å². The molecule has 1 unspecified atom stereocenters. The Labute approximate surface area is 117 Å². The Morgan fingerprint density at radius 2 is 1.89 bits per heavy atom. The lowest BCUT2D eigenvalue weighted by molar-refractivity contribution is 0.817. The van der Waals surface area contributed by atoms with Gasteiger partial charge in [0, 0.05) is 16.7 Å². The summed E-state index contributed by atoms with van der Waals surface area (Å²) in [4.78, 5) is 1.10. The first-order chi connectivity index (χ1) is 8.66. The van der Waals surface area contributed by atoms with Gasteiger partial charge in [-0.3, -0.25) is 0 Å². The molecule has 0 saturated carbocycles. The maximum atomic E-state index is 6.26. The van der Waals surface area contributed by atoms with Crippen LogP contribution in [-0.4, -0.2) is 0 Å². The first kappa shape index (κ1) is 13.5. The number of rotatable bonds is 4. The van der Waals surface area contributed by atoms with Gasteiger partial charge in [0.05, 0.1) is 5.02 Å². The van der Waals surface area contributed by atoms with Crippen LogP contribution in [0.4, 0.5) is 0 Å². The first-order valence-electron chi connectivity index (χ1n) is 5.88. The van der Waals surface area contributed by atoms with E-state index in [1.807, 2.05) is 25.1 Å². The molecule has 0 amide bonds. The monoisotopic (exact) mass is 277 g/mol. The summed E-state index contributed by atoms with van der Waals surface area (Å²) >= 11 is 8.01. The molecule has 2 aromatic rings. The minimum atomic E-state index is 0.0238. The molecule has 0 bridgehead atoms. The molecular formula is C15H16ClNS. The quantitative estimate of drug-likeness (QED) is 0.823. The summed E-state index contributed by atoms with van der Waals surface area (Å²) in [5, 5.41) is 0.783. The smallest absolute Gasteiger partial charge is 0.0545 e. The average molecular weight is 278 g/mol. The fourth-order valence-corrected chi connectivity index (χ4v) is 2.88. The lowest BCUT2D eigenvalue weighted by Crippen LogP contribution is -2.04. The average Bonchev–Trinajstić information content (AvgIpc) is 2.38. The minimum absolute atomic E-state index is 0.0238. The Morgan fingerprint density at radius 1 is 1.17 bits per heavy atom. The normalized spacial score (nSPS) is 12.4. The second kappa shape index (κ2) is 6.28. The van der Waals surface area contributed by atoms with Gasteiger partial charge in [-0.2, -0.15) is 0 Å². The van der Waals surface area contributed by atoms with Crippen LogP contribution >= 0.6 is 23.4 Å². The number of nitrogens with two attached hydrogens (primary N) is 1. The van der Waals surface area contributed by atoms with Crippen molar-refractivity contribution in [1.82, 2.24) is 0 Å². The molecule has 0 spiro atoms. The van der Waals surface area contributed by atoms with Crippen molar-refractivity contribution in [1.29, 1.82) is 0 Å². The molecule has 0 saturated heterocycles. The van der Waals surface area contributed by atoms with Gasteiger partial charge in [0.25, 0.3) is 0 Å². The van der Waals surface area contributed by atoms with E-state index < -0.39 is 0 Å². The highest BCUT2D eigenvalue weighted by atomic mass is 35.5. The molecule has 1 atom stereocenters. The molecule has 0 fully saturated rings. The van der Waals surface area contributed by atoms with Crippen molar-refractivity contribution >= 4 is 23.4 Å². The maximum Gasteiger partial charge on any atom is 0.0545 e. The standard InChI is InChI=1S/C15H16ClNS/c1-11(17)13-7-8-15(14(16)9-13)18-10-12-5-3-2-4-6-12/h2-9,11H,10,17H2,1H3. The van der Waals surface area contributed by atoms with E-state index in [1.54, 1.807) is 11.8 Å². The molecule has 0 aromatic heterocycles. The summed E-state index contributed by atoms with van der Waals surface area (Å²) in [6, 6.07) is 16.5. The Hall–Kier alpha value is -0.960. The molecule has 3 heteroatoms. The SMILES string of the molecule is CC(N)c1ccc(SCc2ccccc2)c(Cl)c1. The summed E-state index contributed by atoms with van der Waals surface area (Å²) in [6.07, 6.45) is 0. The summed E-state index contributed by atoms with van der Waals surface area (Å²) in [5.41, 5.74) is 8.21. The molecular weight excluding hydrogens is 262 g/mol. The molecule has 94 valence electrons. The van der Waals surface area contributed by atoms with E-state index in [1.165, 1.54) is 5.56 Å². The summed E-state index contributed by atoms with van der Waals surface area (Å²) in [6.45, 7) is 1.96. The van der Waals surface area contributed by atoms with E-state index in [2.05, 4.69) is 30.3 Å². The van der Waals surface area contributed by atoms with E-state index in [0.29, 0.717) is 0 Å². The number of hydrogen-bond acceptors (Lipinski definition) is 2. The highest BCUT2D eigenvalue weighted by molar-refractivity contribution is 7.98. The molecule has 0 radical (unpaired) electrons. The topological polar surface area (TPSA) is 26.0 Å². The molecule has 0 aliphatic rings. The zero-order valence-corrected chi connectivity index (χ0v) is 11.8. The molecule has 2 aromatic carbocycles. The van der Waals surface area contributed by atoms with Crippen LogP contribution in [0.2, 0.25) is 5.02 Å². The first-order valence-corrected chi connectivity index (χ1v) is 7.25. The van der Waals surface area contributed by atoms with Gasteiger partial charge < -0.3 is 5.73 Å². The largest absolute Gasteiger partial charge is 0.324 e. The van der Waals surface area contributed by atoms with Crippen molar-refractivity contribution in [2.24, 2.45) is 5.73 Å². The van der Waals surface area contributed by atoms with Crippen LogP contribution in [0.1, 0.15) is 24.1 Å². The molecule has 18 heavy (non-hydrogen) atoms. The van der Waals surface area contributed by atoms with Gasteiger partial charge in [0.1, 0.15) is 0 Å². The fourth-order valence-electron chi connectivity index (χ4n) is 1.65. The molecule has 0 aliphatic carbocycles. The van der Waals surface area contributed by atoms with E-state index in [-0.39, 0.29) is 6.04 Å². The number of benzene rings is 2. The molecule has 1 nitrogen and oxygen atoms in total. The third kappa shape index (κ3) is 3.52. The van der Waals surface area contributed by atoms with Gasteiger partial charge in [-0.25, -0.2) is 0 Å². The third-order valence-electron chi connectivity index (χ3n) is 2.72. The van der Waals surface area contributed by atoms with Crippen molar-refractivity contribution in [3.63, 3.8) is 0 Å². The Balaban J connectivity index is 2.06. The van der Waals surface area contributed by atoms with Crippen LogP contribution < -0.4 is 5.73 Å². The predicted octanol–water partition coefficient (Wildman–Crippen LogP) is 4.65. The van der Waals surface area contributed by atoms with E-state index >= 15 is 0 Å². The van der Waals surface area contributed by atoms with E-state index in [9.17, 15) is 0 Å². The van der Waals surface area contributed by atoms with Gasteiger partial charge in [-0.15, -0.1) is 11.8 Å². The Morgan fingerprint density at radius 3 is 2.50 bits per heavy atom. The lowest BCUT2D eigenvalue weighted by Gasteiger charge is -2.09. The number of hydrogen-bond donors (Lipinski definition) is 1. The van der Waals surface area contributed by atoms with Gasteiger partial charge in [0.2, 0.25) is 0 Å². The summed E-state index contributed by atoms with van der Waals surface area (Å²) in [7, 11) is 0. The van der Waals surface area contributed by atoms with Crippen molar-refractivity contribution in [2.45, 2.75) is 23.6 Å². The zero-order chi connectivity index (χ0) is 13.0. The number of halogens is 1. The molecule has 2 N–H and O–H groups in total. The van der Waals surface area contributed by atoms with Gasteiger partial charge in [-0.1, -0.05) is 48.0 Å². The van der Waals surface area contributed by atoms with Crippen LogP contribution in [0.3, 0.4) is 0 Å². The maximum absolute atomic E-state index is 6.26. The molecule has 0 aliphatic heterocycles. The molecule has 0 heterocycles. The van der Waals surface area contributed by atoms with Crippen LogP contribution in [-0.2, 0) is 5.75 Å². The number of thioether (sulfide) groups is 1.